The lowest BCUT2D eigenvalue weighted by molar-refractivity contribution is -0.121. The zero-order valence-electron chi connectivity index (χ0n) is 15.2. The molecule has 142 valence electrons. The van der Waals surface area contributed by atoms with Crippen LogP contribution in [0, 0.1) is 23.7 Å². The minimum Gasteiger partial charge on any atom is -0.378 e. The summed E-state index contributed by atoms with van der Waals surface area (Å²) in [6.45, 7) is 0.858. The van der Waals surface area contributed by atoms with Crippen molar-refractivity contribution in [2.75, 3.05) is 6.61 Å². The number of carbonyl (C=O) groups is 1. The van der Waals surface area contributed by atoms with Crippen molar-refractivity contribution in [3.63, 3.8) is 0 Å². The maximum absolute atomic E-state index is 12.4. The van der Waals surface area contributed by atoms with Gasteiger partial charge in [-0.1, -0.05) is 0 Å². The second kappa shape index (κ2) is 9.25. The fourth-order valence-electron chi connectivity index (χ4n) is 5.10. The molecule has 1 saturated heterocycles. The van der Waals surface area contributed by atoms with Gasteiger partial charge in [-0.05, 0) is 94.0 Å². The monoisotopic (exact) mass is 354 g/mol. The average Bonchev–Trinajstić information content (AvgIpc) is 2.62. The number of carbonyl (C=O) groups excluding carboxylic acids is 1. The third-order valence-electron chi connectivity index (χ3n) is 6.81. The molecule has 0 aromatic rings. The highest BCUT2D eigenvalue weighted by Gasteiger charge is 2.31. The molecular formula is C21H32F2O2. The molecule has 1 heterocycles. The summed E-state index contributed by atoms with van der Waals surface area (Å²) in [4.78, 5) is 11.3. The Bertz CT molecular complexity index is 447. The first-order chi connectivity index (χ1) is 12.1. The molecular weight excluding hydrogens is 322 g/mol. The quantitative estimate of drug-likeness (QED) is 0.613. The average molecular weight is 354 g/mol. The number of allylic oxidation sites excluding steroid dienone is 1. The Morgan fingerprint density at radius 3 is 2.20 bits per heavy atom. The van der Waals surface area contributed by atoms with Crippen LogP contribution in [-0.4, -0.2) is 18.5 Å². The highest BCUT2D eigenvalue weighted by Crippen LogP contribution is 2.39. The first-order valence-corrected chi connectivity index (χ1v) is 10.3. The normalized spacial score (nSPS) is 34.7. The molecule has 0 bridgehead atoms. The van der Waals surface area contributed by atoms with Crippen LogP contribution >= 0.6 is 0 Å². The van der Waals surface area contributed by atoms with Crippen molar-refractivity contribution >= 4 is 5.78 Å². The first-order valence-electron chi connectivity index (χ1n) is 10.3. The van der Waals surface area contributed by atoms with Gasteiger partial charge < -0.3 is 4.74 Å². The molecule has 3 aliphatic rings. The summed E-state index contributed by atoms with van der Waals surface area (Å²) in [6, 6.07) is 0. The summed E-state index contributed by atoms with van der Waals surface area (Å²) in [5.41, 5.74) is 0. The van der Waals surface area contributed by atoms with E-state index in [4.69, 9.17) is 4.74 Å². The number of ether oxygens (including phenoxy) is 1. The van der Waals surface area contributed by atoms with Crippen LogP contribution in [0.5, 0.6) is 0 Å². The topological polar surface area (TPSA) is 26.3 Å². The van der Waals surface area contributed by atoms with E-state index in [1.807, 2.05) is 0 Å². The highest BCUT2D eigenvalue weighted by atomic mass is 19.3. The number of Topliss-reactive ketones (excluding diaryl/α,β-unsaturated/α-hetero) is 1. The Hall–Kier alpha value is -0.770. The zero-order chi connectivity index (χ0) is 17.6. The maximum atomic E-state index is 12.4. The first kappa shape index (κ1) is 19.0. The van der Waals surface area contributed by atoms with Gasteiger partial charge in [0.25, 0.3) is 6.08 Å². The van der Waals surface area contributed by atoms with E-state index in [0.29, 0.717) is 23.7 Å². The van der Waals surface area contributed by atoms with E-state index in [2.05, 4.69) is 0 Å². The van der Waals surface area contributed by atoms with Gasteiger partial charge in [0.2, 0.25) is 0 Å². The largest absolute Gasteiger partial charge is 0.378 e. The minimum atomic E-state index is -1.52. The standard InChI is InChI=1S/C21H32F2O2/c22-21(23)13-16-1-6-17(7-2-16)18-8-12-20(25-14-18)11-5-15-3-9-19(24)10-4-15/h13,15-18,20H,1-12,14H2. The van der Waals surface area contributed by atoms with E-state index in [-0.39, 0.29) is 5.92 Å². The van der Waals surface area contributed by atoms with Crippen LogP contribution in [-0.2, 0) is 9.53 Å². The van der Waals surface area contributed by atoms with E-state index >= 15 is 0 Å². The molecule has 25 heavy (non-hydrogen) atoms. The van der Waals surface area contributed by atoms with E-state index in [9.17, 15) is 13.6 Å². The van der Waals surface area contributed by atoms with Crippen LogP contribution in [0.2, 0.25) is 0 Å². The van der Waals surface area contributed by atoms with Crippen molar-refractivity contribution in [1.82, 2.24) is 0 Å². The summed E-state index contributed by atoms with van der Waals surface area (Å²) in [5.74, 6) is 2.54. The van der Waals surface area contributed by atoms with Gasteiger partial charge >= 0.3 is 0 Å². The zero-order valence-corrected chi connectivity index (χ0v) is 15.2. The molecule has 4 heteroatoms. The predicted molar refractivity (Wildman–Crippen MR) is 94.4 cm³/mol. The number of hydrogen-bond acceptors (Lipinski definition) is 2. The molecule has 0 aromatic carbocycles. The molecule has 2 unspecified atom stereocenters. The van der Waals surface area contributed by atoms with Gasteiger partial charge in [-0.25, -0.2) is 0 Å². The molecule has 2 atom stereocenters. The summed E-state index contributed by atoms with van der Waals surface area (Å²) >= 11 is 0. The second-order valence-corrected chi connectivity index (χ2v) is 8.48. The van der Waals surface area contributed by atoms with E-state index < -0.39 is 6.08 Å². The van der Waals surface area contributed by atoms with Crippen molar-refractivity contribution in [3.8, 4) is 0 Å². The minimum absolute atomic E-state index is 0.0842. The molecule has 0 aromatic heterocycles. The number of ketones is 1. The molecule has 2 nitrogen and oxygen atoms in total. The Labute approximate surface area is 150 Å². The highest BCUT2D eigenvalue weighted by molar-refractivity contribution is 5.78. The number of halogens is 2. The van der Waals surface area contributed by atoms with Crippen LogP contribution < -0.4 is 0 Å². The smallest absolute Gasteiger partial charge is 0.266 e. The molecule has 3 fully saturated rings. The summed E-state index contributed by atoms with van der Waals surface area (Å²) in [5, 5.41) is 0. The van der Waals surface area contributed by atoms with Gasteiger partial charge in [0.05, 0.1) is 12.7 Å². The fraction of sp³-hybridized carbons (Fsp3) is 0.857. The molecule has 0 radical (unpaired) electrons. The van der Waals surface area contributed by atoms with Gasteiger partial charge in [-0.15, -0.1) is 0 Å². The molecule has 0 spiro atoms. The molecule has 2 saturated carbocycles. The predicted octanol–water partition coefficient (Wildman–Crippen LogP) is 5.91. The van der Waals surface area contributed by atoms with E-state index in [0.717, 1.165) is 82.8 Å². The molecule has 0 amide bonds. The number of hydrogen-bond donors (Lipinski definition) is 0. The molecule has 3 rings (SSSR count). The third-order valence-corrected chi connectivity index (χ3v) is 6.81. The Morgan fingerprint density at radius 1 is 0.920 bits per heavy atom. The van der Waals surface area contributed by atoms with Crippen LogP contribution in [0.15, 0.2) is 12.2 Å². The fourth-order valence-corrected chi connectivity index (χ4v) is 5.10. The summed E-state index contributed by atoms with van der Waals surface area (Å²) in [7, 11) is 0. The van der Waals surface area contributed by atoms with E-state index in [1.54, 1.807) is 0 Å². The Morgan fingerprint density at radius 2 is 1.60 bits per heavy atom. The van der Waals surface area contributed by atoms with Gasteiger partial charge in [0, 0.05) is 12.8 Å². The molecule has 2 aliphatic carbocycles. The Kier molecular flexibility index (Phi) is 7.03. The van der Waals surface area contributed by atoms with Crippen molar-refractivity contribution in [1.29, 1.82) is 0 Å². The van der Waals surface area contributed by atoms with Gasteiger partial charge in [0.15, 0.2) is 0 Å². The third kappa shape index (κ3) is 5.87. The van der Waals surface area contributed by atoms with Crippen LogP contribution in [0.4, 0.5) is 8.78 Å². The van der Waals surface area contributed by atoms with Crippen molar-refractivity contribution in [3.05, 3.63) is 12.2 Å². The van der Waals surface area contributed by atoms with Crippen molar-refractivity contribution in [2.45, 2.75) is 83.2 Å². The van der Waals surface area contributed by atoms with Crippen molar-refractivity contribution in [2.24, 2.45) is 23.7 Å². The van der Waals surface area contributed by atoms with Crippen LogP contribution in [0.1, 0.15) is 77.0 Å². The van der Waals surface area contributed by atoms with Crippen LogP contribution in [0.25, 0.3) is 0 Å². The van der Waals surface area contributed by atoms with Crippen LogP contribution in [0.3, 0.4) is 0 Å². The lowest BCUT2D eigenvalue weighted by Gasteiger charge is -2.37. The van der Waals surface area contributed by atoms with Gasteiger partial charge in [0.1, 0.15) is 5.78 Å². The van der Waals surface area contributed by atoms with E-state index in [1.165, 1.54) is 12.8 Å². The summed E-state index contributed by atoms with van der Waals surface area (Å²) < 4.78 is 30.9. The maximum Gasteiger partial charge on any atom is 0.266 e. The Balaban J connectivity index is 1.32. The molecule has 1 aliphatic heterocycles. The SMILES string of the molecule is O=C1CCC(CCC2CCC(C3CCC(C=C(F)F)CC3)CO2)CC1. The lowest BCUT2D eigenvalue weighted by atomic mass is 9.73. The second-order valence-electron chi connectivity index (χ2n) is 8.48. The van der Waals surface area contributed by atoms with Crippen molar-refractivity contribution < 1.29 is 18.3 Å². The summed E-state index contributed by atoms with van der Waals surface area (Å²) in [6.07, 6.45) is 12.4. The molecule has 0 N–H and O–H groups in total. The van der Waals surface area contributed by atoms with Gasteiger partial charge in [-0.2, -0.15) is 8.78 Å². The lowest BCUT2D eigenvalue weighted by Crippen LogP contribution is -2.32. The number of rotatable bonds is 5. The van der Waals surface area contributed by atoms with Gasteiger partial charge in [-0.3, -0.25) is 4.79 Å².